The number of aliphatic carboxylic acids is 1. The molecule has 2 aliphatic rings. The lowest BCUT2D eigenvalue weighted by atomic mass is 9.86. The molecule has 2 aliphatic heterocycles. The van der Waals surface area contributed by atoms with Crippen molar-refractivity contribution in [1.82, 2.24) is 0 Å². The molecule has 1 atom stereocenters. The van der Waals surface area contributed by atoms with Crippen LogP contribution in [0.5, 0.6) is 5.75 Å². The Morgan fingerprint density at radius 1 is 1.35 bits per heavy atom. The molecule has 5 nitrogen and oxygen atoms in total. The third-order valence-corrected chi connectivity index (χ3v) is 4.09. The molecular weight excluding hydrogens is 258 g/mol. The number of nitrogens with zero attached hydrogens (tertiary/aromatic N) is 1. The van der Waals surface area contributed by atoms with E-state index in [1.54, 1.807) is 0 Å². The number of carboxylic acid groups (broad SMARTS) is 1. The summed E-state index contributed by atoms with van der Waals surface area (Å²) in [5, 5.41) is 9.57. The van der Waals surface area contributed by atoms with Gasteiger partial charge in [0.05, 0.1) is 18.9 Å². The zero-order valence-corrected chi connectivity index (χ0v) is 11.4. The first-order valence-electron chi connectivity index (χ1n) is 6.99. The molecule has 0 radical (unpaired) electrons. The number of ether oxygens (including phenoxy) is 2. The van der Waals surface area contributed by atoms with E-state index in [9.17, 15) is 9.90 Å². The summed E-state index contributed by atoms with van der Waals surface area (Å²) in [6.07, 6.45) is 1.47. The molecule has 0 saturated carbocycles. The molecule has 0 aromatic heterocycles. The highest BCUT2D eigenvalue weighted by molar-refractivity contribution is 5.76. The molecule has 0 amide bonds. The first-order chi connectivity index (χ1) is 9.71. The predicted molar refractivity (Wildman–Crippen MR) is 74.3 cm³/mol. The molecule has 20 heavy (non-hydrogen) atoms. The van der Waals surface area contributed by atoms with E-state index in [1.807, 2.05) is 24.3 Å². The van der Waals surface area contributed by atoms with Crippen molar-refractivity contribution in [1.29, 1.82) is 0 Å². The van der Waals surface area contributed by atoms with Gasteiger partial charge >= 0.3 is 5.97 Å². The van der Waals surface area contributed by atoms with Gasteiger partial charge in [0.1, 0.15) is 11.2 Å². The van der Waals surface area contributed by atoms with Crippen molar-refractivity contribution in [3.05, 3.63) is 24.3 Å². The van der Waals surface area contributed by atoms with Gasteiger partial charge in [-0.15, -0.1) is 0 Å². The van der Waals surface area contributed by atoms with Crippen molar-refractivity contribution in [3.63, 3.8) is 0 Å². The fourth-order valence-corrected chi connectivity index (χ4v) is 2.90. The summed E-state index contributed by atoms with van der Waals surface area (Å²) in [5.74, 6) is 0.0714. The van der Waals surface area contributed by atoms with Crippen LogP contribution in [0.2, 0.25) is 0 Å². The van der Waals surface area contributed by atoms with Gasteiger partial charge in [0.25, 0.3) is 0 Å². The largest absolute Gasteiger partial charge is 0.491 e. The molecule has 108 valence electrons. The SMILES string of the molecule is O=C(O)C1(CN2CCCOc3ccccc32)CCOC1. The molecule has 1 unspecified atom stereocenters. The number of hydrogen-bond donors (Lipinski definition) is 1. The third kappa shape index (κ3) is 2.33. The van der Waals surface area contributed by atoms with Crippen LogP contribution in [-0.2, 0) is 9.53 Å². The minimum Gasteiger partial charge on any atom is -0.491 e. The molecule has 1 N–H and O–H groups in total. The minimum absolute atomic E-state index is 0.294. The van der Waals surface area contributed by atoms with Gasteiger partial charge in [-0.3, -0.25) is 4.79 Å². The van der Waals surface area contributed by atoms with Crippen molar-refractivity contribution in [2.45, 2.75) is 12.8 Å². The maximum atomic E-state index is 11.7. The molecule has 3 rings (SSSR count). The van der Waals surface area contributed by atoms with Gasteiger partial charge in [-0.25, -0.2) is 0 Å². The molecule has 0 spiro atoms. The molecule has 1 saturated heterocycles. The van der Waals surface area contributed by atoms with Gasteiger partial charge in [0, 0.05) is 19.7 Å². The van der Waals surface area contributed by atoms with Crippen LogP contribution >= 0.6 is 0 Å². The zero-order chi connectivity index (χ0) is 14.0. The number of hydrogen-bond acceptors (Lipinski definition) is 4. The molecule has 0 aliphatic carbocycles. The number of carbonyl (C=O) groups is 1. The summed E-state index contributed by atoms with van der Waals surface area (Å²) >= 11 is 0. The van der Waals surface area contributed by atoms with E-state index < -0.39 is 11.4 Å². The first-order valence-corrected chi connectivity index (χ1v) is 6.99. The smallest absolute Gasteiger partial charge is 0.313 e. The average Bonchev–Trinajstić information content (AvgIpc) is 2.84. The highest BCUT2D eigenvalue weighted by atomic mass is 16.5. The Kier molecular flexibility index (Phi) is 3.53. The second-order valence-electron chi connectivity index (χ2n) is 5.48. The maximum Gasteiger partial charge on any atom is 0.313 e. The van der Waals surface area contributed by atoms with Crippen LogP contribution in [0.15, 0.2) is 24.3 Å². The van der Waals surface area contributed by atoms with Crippen molar-refractivity contribution < 1.29 is 19.4 Å². The van der Waals surface area contributed by atoms with Crippen molar-refractivity contribution in [3.8, 4) is 5.75 Å². The number of fused-ring (bicyclic) bond motifs is 1. The zero-order valence-electron chi connectivity index (χ0n) is 11.4. The van der Waals surface area contributed by atoms with Crippen molar-refractivity contribution in [2.24, 2.45) is 5.41 Å². The Bertz CT molecular complexity index is 496. The molecule has 1 fully saturated rings. The van der Waals surface area contributed by atoms with Crippen LogP contribution < -0.4 is 9.64 Å². The Morgan fingerprint density at radius 2 is 2.20 bits per heavy atom. The Balaban J connectivity index is 1.88. The lowest BCUT2D eigenvalue weighted by Crippen LogP contribution is -2.44. The minimum atomic E-state index is -0.794. The number of benzene rings is 1. The average molecular weight is 277 g/mol. The summed E-state index contributed by atoms with van der Waals surface area (Å²) in [6, 6.07) is 7.82. The van der Waals surface area contributed by atoms with E-state index >= 15 is 0 Å². The summed E-state index contributed by atoms with van der Waals surface area (Å²) in [7, 11) is 0. The normalized spacial score (nSPS) is 25.7. The quantitative estimate of drug-likeness (QED) is 0.912. The van der Waals surface area contributed by atoms with Crippen molar-refractivity contribution in [2.75, 3.05) is 37.8 Å². The monoisotopic (exact) mass is 277 g/mol. The summed E-state index contributed by atoms with van der Waals surface area (Å²) in [4.78, 5) is 13.8. The van der Waals surface area contributed by atoms with Gasteiger partial charge in [0.15, 0.2) is 0 Å². The Labute approximate surface area is 118 Å². The Morgan fingerprint density at radius 3 is 2.95 bits per heavy atom. The number of rotatable bonds is 3. The van der Waals surface area contributed by atoms with Gasteiger partial charge in [-0.2, -0.15) is 0 Å². The van der Waals surface area contributed by atoms with E-state index in [-0.39, 0.29) is 0 Å². The van der Waals surface area contributed by atoms with E-state index in [0.29, 0.717) is 32.8 Å². The summed E-state index contributed by atoms with van der Waals surface area (Å²) in [6.45, 7) is 2.78. The fraction of sp³-hybridized carbons (Fsp3) is 0.533. The van der Waals surface area contributed by atoms with Crippen LogP contribution in [0.3, 0.4) is 0 Å². The highest BCUT2D eigenvalue weighted by Crippen LogP contribution is 2.36. The van der Waals surface area contributed by atoms with Crippen LogP contribution in [0.25, 0.3) is 0 Å². The molecule has 1 aromatic carbocycles. The standard InChI is InChI=1S/C15H19NO4/c17-14(18)15(6-9-19-11-15)10-16-7-3-8-20-13-5-2-1-4-12(13)16/h1-2,4-5H,3,6-11H2,(H,17,18). The van der Waals surface area contributed by atoms with E-state index in [4.69, 9.17) is 9.47 Å². The third-order valence-electron chi connectivity index (χ3n) is 4.09. The van der Waals surface area contributed by atoms with E-state index in [2.05, 4.69) is 4.90 Å². The number of anilines is 1. The topological polar surface area (TPSA) is 59.0 Å². The van der Waals surface area contributed by atoms with Crippen LogP contribution in [-0.4, -0.2) is 44.0 Å². The van der Waals surface area contributed by atoms with E-state index in [0.717, 1.165) is 24.4 Å². The molecule has 1 aromatic rings. The highest BCUT2D eigenvalue weighted by Gasteiger charge is 2.44. The predicted octanol–water partition coefficient (Wildman–Crippen LogP) is 1.77. The molecule has 2 heterocycles. The number of carboxylic acids is 1. The number of para-hydroxylation sites is 2. The second kappa shape index (κ2) is 5.32. The van der Waals surface area contributed by atoms with E-state index in [1.165, 1.54) is 0 Å². The first kappa shape index (κ1) is 13.2. The summed E-state index contributed by atoms with van der Waals surface area (Å²) < 4.78 is 11.1. The van der Waals surface area contributed by atoms with Crippen LogP contribution in [0, 0.1) is 5.41 Å². The maximum absolute atomic E-state index is 11.7. The lowest BCUT2D eigenvalue weighted by molar-refractivity contribution is -0.148. The van der Waals surface area contributed by atoms with Gasteiger partial charge < -0.3 is 19.5 Å². The van der Waals surface area contributed by atoms with Crippen LogP contribution in [0.1, 0.15) is 12.8 Å². The van der Waals surface area contributed by atoms with Gasteiger partial charge in [-0.1, -0.05) is 12.1 Å². The lowest BCUT2D eigenvalue weighted by Gasteiger charge is -2.32. The summed E-state index contributed by atoms with van der Waals surface area (Å²) in [5.41, 5.74) is 0.190. The van der Waals surface area contributed by atoms with Crippen LogP contribution in [0.4, 0.5) is 5.69 Å². The Hall–Kier alpha value is -1.75. The van der Waals surface area contributed by atoms with Gasteiger partial charge in [-0.05, 0) is 25.0 Å². The van der Waals surface area contributed by atoms with Crippen molar-refractivity contribution >= 4 is 11.7 Å². The molecule has 5 heteroatoms. The molecule has 0 bridgehead atoms. The van der Waals surface area contributed by atoms with Gasteiger partial charge in [0.2, 0.25) is 0 Å². The molecular formula is C15H19NO4. The fourth-order valence-electron chi connectivity index (χ4n) is 2.90. The second-order valence-corrected chi connectivity index (χ2v) is 5.48.